The quantitative estimate of drug-likeness (QED) is 0.367. The molecule has 1 N–H and O–H groups in total. The van der Waals surface area contributed by atoms with E-state index < -0.39 is 29.4 Å². The molecule has 0 radical (unpaired) electrons. The van der Waals surface area contributed by atoms with Gasteiger partial charge in [-0.15, -0.1) is 0 Å². The average molecular weight is 473 g/mol. The third-order valence-electron chi connectivity index (χ3n) is 5.05. The molecule has 0 spiro atoms. The molecule has 4 rings (SSSR count). The first-order chi connectivity index (χ1) is 15.7. The number of nitrogens with zero attached hydrogens (tertiary/aromatic N) is 2. The van der Waals surface area contributed by atoms with Crippen molar-refractivity contribution in [1.82, 2.24) is 10.3 Å². The van der Waals surface area contributed by atoms with Gasteiger partial charge in [-0.05, 0) is 59.8 Å². The van der Waals surface area contributed by atoms with E-state index in [2.05, 4.69) is 10.3 Å². The van der Waals surface area contributed by atoms with Gasteiger partial charge in [-0.1, -0.05) is 25.1 Å². The van der Waals surface area contributed by atoms with E-state index in [1.54, 1.807) is 37.4 Å². The largest absolute Gasteiger partial charge is 0.446 e. The molecule has 1 aliphatic rings. The molecule has 2 aromatic carbocycles. The van der Waals surface area contributed by atoms with E-state index in [9.17, 15) is 22.8 Å². The molecular weight excluding hydrogens is 455 g/mol. The van der Waals surface area contributed by atoms with E-state index in [1.807, 2.05) is 18.2 Å². The number of urea groups is 1. The minimum Gasteiger partial charge on any atom is -0.439 e. The Hall–Kier alpha value is -3.53. The third-order valence-corrected chi connectivity index (χ3v) is 5.79. The molecule has 10 heteroatoms. The number of benzene rings is 2. The number of rotatable bonds is 6. The van der Waals surface area contributed by atoms with E-state index in [0.29, 0.717) is 11.6 Å². The van der Waals surface area contributed by atoms with Crippen molar-refractivity contribution < 1.29 is 27.5 Å². The first kappa shape index (κ1) is 22.7. The molecule has 3 amide bonds. The van der Waals surface area contributed by atoms with Crippen LogP contribution < -0.4 is 15.0 Å². The van der Waals surface area contributed by atoms with Crippen LogP contribution in [0, 0.1) is 0 Å². The Bertz CT molecular complexity index is 1160. The van der Waals surface area contributed by atoms with Gasteiger partial charge in [-0.3, -0.25) is 4.79 Å². The summed E-state index contributed by atoms with van der Waals surface area (Å²) in [6.07, 6.45) is 1.56. The maximum absolute atomic E-state index is 13.0. The summed E-state index contributed by atoms with van der Waals surface area (Å²) in [5.74, 6) is 0.0500. The molecule has 1 fully saturated rings. The highest BCUT2D eigenvalue weighted by atomic mass is 32.2. The molecule has 2 heterocycles. The summed E-state index contributed by atoms with van der Waals surface area (Å²) in [5, 5.41) is 2.66. The van der Waals surface area contributed by atoms with Crippen molar-refractivity contribution in [1.29, 1.82) is 0 Å². The lowest BCUT2D eigenvalue weighted by Gasteiger charge is -2.19. The summed E-state index contributed by atoms with van der Waals surface area (Å²) in [6.45, 7) is 1.79. The van der Waals surface area contributed by atoms with Crippen molar-refractivity contribution in [2.24, 2.45) is 0 Å². The van der Waals surface area contributed by atoms with Crippen LogP contribution in [0.1, 0.15) is 18.4 Å². The first-order valence-electron chi connectivity index (χ1n) is 9.90. The molecule has 3 aromatic rings. The van der Waals surface area contributed by atoms with Gasteiger partial charge in [0.15, 0.2) is 0 Å². The Morgan fingerprint density at radius 3 is 2.42 bits per heavy atom. The number of carbonyl (C=O) groups excluding carboxylic acids is 2. The maximum atomic E-state index is 13.0. The van der Waals surface area contributed by atoms with Crippen molar-refractivity contribution in [3.05, 3.63) is 78.5 Å². The van der Waals surface area contributed by atoms with E-state index >= 15 is 0 Å². The van der Waals surface area contributed by atoms with Crippen molar-refractivity contribution in [3.8, 4) is 11.6 Å². The van der Waals surface area contributed by atoms with Crippen LogP contribution in [0.3, 0.4) is 0 Å². The predicted molar refractivity (Wildman–Crippen MR) is 117 cm³/mol. The van der Waals surface area contributed by atoms with E-state index in [0.717, 1.165) is 10.5 Å². The number of aromatic nitrogens is 1. The molecule has 0 saturated carbocycles. The van der Waals surface area contributed by atoms with Gasteiger partial charge in [-0.25, -0.2) is 14.7 Å². The molecule has 1 saturated heterocycles. The minimum absolute atomic E-state index is 0.0362. The van der Waals surface area contributed by atoms with Gasteiger partial charge in [0.2, 0.25) is 5.88 Å². The van der Waals surface area contributed by atoms with Crippen LogP contribution in [0.2, 0.25) is 0 Å². The fourth-order valence-electron chi connectivity index (χ4n) is 3.44. The van der Waals surface area contributed by atoms with Crippen molar-refractivity contribution >= 4 is 29.4 Å². The highest BCUT2D eigenvalue weighted by molar-refractivity contribution is 8.00. The van der Waals surface area contributed by atoms with Crippen LogP contribution >= 0.6 is 11.8 Å². The third kappa shape index (κ3) is 5.28. The monoisotopic (exact) mass is 473 g/mol. The van der Waals surface area contributed by atoms with Crippen molar-refractivity contribution in [2.45, 2.75) is 29.3 Å². The second-order valence-corrected chi connectivity index (χ2v) is 8.41. The first-order valence-corrected chi connectivity index (χ1v) is 10.7. The van der Waals surface area contributed by atoms with Crippen LogP contribution in [-0.4, -0.2) is 28.5 Å². The maximum Gasteiger partial charge on any atom is 0.446 e. The number of hydrogen-bond acceptors (Lipinski definition) is 5. The lowest BCUT2D eigenvalue weighted by Crippen LogP contribution is -2.34. The number of para-hydroxylation sites is 1. The molecule has 1 aliphatic heterocycles. The van der Waals surface area contributed by atoms with Crippen LogP contribution in [0.15, 0.2) is 77.8 Å². The number of thioether (sulfide) groups is 1. The minimum atomic E-state index is -4.42. The smallest absolute Gasteiger partial charge is 0.439 e. The van der Waals surface area contributed by atoms with Crippen LogP contribution in [0.4, 0.5) is 23.7 Å². The Morgan fingerprint density at radius 1 is 1.06 bits per heavy atom. The van der Waals surface area contributed by atoms with Crippen LogP contribution in [-0.2, 0) is 4.79 Å². The summed E-state index contributed by atoms with van der Waals surface area (Å²) >= 11 is -0.264. The van der Waals surface area contributed by atoms with Crippen molar-refractivity contribution in [3.63, 3.8) is 0 Å². The normalized spacial score (nSPS) is 17.1. The molecule has 33 heavy (non-hydrogen) atoms. The van der Waals surface area contributed by atoms with E-state index in [4.69, 9.17) is 4.74 Å². The van der Waals surface area contributed by atoms with E-state index in [-0.39, 0.29) is 22.3 Å². The molecule has 170 valence electrons. The van der Waals surface area contributed by atoms with Gasteiger partial charge in [-0.2, -0.15) is 13.2 Å². The number of ether oxygens (including phenoxy) is 1. The number of halogens is 3. The number of anilines is 1. The number of amides is 3. The zero-order valence-electron chi connectivity index (χ0n) is 17.2. The molecule has 2 unspecified atom stereocenters. The summed E-state index contributed by atoms with van der Waals surface area (Å²) < 4.78 is 43.4. The summed E-state index contributed by atoms with van der Waals surface area (Å²) in [4.78, 5) is 30.6. The van der Waals surface area contributed by atoms with Gasteiger partial charge in [0, 0.05) is 23.1 Å². The van der Waals surface area contributed by atoms with Crippen LogP contribution in [0.5, 0.6) is 11.6 Å². The molecule has 0 bridgehead atoms. The fourth-order valence-corrected chi connectivity index (χ4v) is 3.98. The number of carbonyl (C=O) groups is 2. The fraction of sp³-hybridized carbons (Fsp3) is 0.174. The van der Waals surface area contributed by atoms with Crippen LogP contribution in [0.25, 0.3) is 0 Å². The lowest BCUT2D eigenvalue weighted by atomic mass is 9.94. The molecular formula is C23H18F3N3O3S. The Morgan fingerprint density at radius 2 is 1.76 bits per heavy atom. The zero-order valence-corrected chi connectivity index (χ0v) is 18.1. The summed E-state index contributed by atoms with van der Waals surface area (Å²) in [6, 6.07) is 16.1. The second kappa shape index (κ2) is 9.14. The highest BCUT2D eigenvalue weighted by Crippen LogP contribution is 2.38. The number of nitrogens with one attached hydrogen (secondary N) is 1. The molecule has 2 atom stereocenters. The second-order valence-electron chi connectivity index (χ2n) is 7.27. The molecule has 0 aliphatic carbocycles. The number of pyridine rings is 1. The molecule has 6 nitrogen and oxygen atoms in total. The van der Waals surface area contributed by atoms with Crippen molar-refractivity contribution in [2.75, 3.05) is 4.90 Å². The summed E-state index contributed by atoms with van der Waals surface area (Å²) in [5.41, 5.74) is -3.49. The zero-order chi connectivity index (χ0) is 23.6. The number of imide groups is 1. The lowest BCUT2D eigenvalue weighted by molar-refractivity contribution is -0.118. The Balaban J connectivity index is 1.50. The summed E-state index contributed by atoms with van der Waals surface area (Å²) in [7, 11) is 0. The average Bonchev–Trinajstić information content (AvgIpc) is 3.07. The Kier molecular flexibility index (Phi) is 6.28. The highest BCUT2D eigenvalue weighted by Gasteiger charge is 2.42. The van der Waals surface area contributed by atoms with Gasteiger partial charge in [0.05, 0.1) is 5.69 Å². The standard InChI is InChI=1S/C23H18F3N3O3S/c1-14(15-11-12-27-19(13-15)32-17-5-3-2-4-6-17)20-21(30)29(22(31)28-20)16-7-9-18(10-8-16)33-23(24,25)26/h2-14,20H,1H3,(H,28,31). The predicted octanol–water partition coefficient (Wildman–Crippen LogP) is 5.71. The number of hydrogen-bond donors (Lipinski definition) is 1. The number of alkyl halides is 3. The molecule has 1 aromatic heterocycles. The van der Waals surface area contributed by atoms with Gasteiger partial charge in [0.1, 0.15) is 11.8 Å². The SMILES string of the molecule is CC(c1ccnc(Oc2ccccc2)c1)C1NC(=O)N(c2ccc(SC(F)(F)F)cc2)C1=O. The van der Waals surface area contributed by atoms with Gasteiger partial charge in [0.25, 0.3) is 5.91 Å². The topological polar surface area (TPSA) is 71.5 Å². The van der Waals surface area contributed by atoms with Gasteiger partial charge >= 0.3 is 11.5 Å². The van der Waals surface area contributed by atoms with E-state index in [1.165, 1.54) is 24.3 Å². The Labute approximate surface area is 191 Å². The van der Waals surface area contributed by atoms with Gasteiger partial charge < -0.3 is 10.1 Å².